The maximum Gasteiger partial charge on any atom is 0.530 e. The lowest BCUT2D eigenvalue weighted by atomic mass is 10.1. The second kappa shape index (κ2) is 24.4. The number of hydrogen-bond donors (Lipinski definition) is 1. The van der Waals surface area contributed by atoms with Crippen LogP contribution >= 0.6 is 7.82 Å². The smallest absolute Gasteiger partial charge is 0.485 e. The van der Waals surface area contributed by atoms with Crippen LogP contribution in [-0.4, -0.2) is 37.0 Å². The summed E-state index contributed by atoms with van der Waals surface area (Å²) in [6, 6.07) is 50.9. The molecule has 310 valence electrons. The molecule has 0 aliphatic carbocycles. The van der Waals surface area contributed by atoms with E-state index in [1.165, 1.54) is 7.05 Å². The van der Waals surface area contributed by atoms with Gasteiger partial charge >= 0.3 is 13.9 Å². The molecule has 12 nitrogen and oxygen atoms in total. The number of carbonyl (C=O) groups excluding carboxylic acids is 3. The Morgan fingerprint density at radius 3 is 1.48 bits per heavy atom. The van der Waals surface area contributed by atoms with Gasteiger partial charge in [-0.15, -0.1) is 0 Å². The number of phosphoric ester groups is 1. The van der Waals surface area contributed by atoms with E-state index in [-0.39, 0.29) is 44.3 Å². The molecule has 0 aliphatic rings. The van der Waals surface area contributed by atoms with E-state index in [4.69, 9.17) is 23.0 Å². The molecule has 1 unspecified atom stereocenters. The number of nitrogens with zero attached hydrogens (tertiary/aromatic N) is 1. The fourth-order valence-electron chi connectivity index (χ4n) is 5.60. The summed E-state index contributed by atoms with van der Waals surface area (Å²) in [6.45, 7) is 0.994. The Bertz CT molecular complexity index is 2170. The minimum absolute atomic E-state index is 0.0214. The van der Waals surface area contributed by atoms with Crippen LogP contribution in [0.2, 0.25) is 0 Å². The summed E-state index contributed by atoms with van der Waals surface area (Å²) in [7, 11) is -2.69. The highest BCUT2D eigenvalue weighted by molar-refractivity contribution is 7.48. The summed E-state index contributed by atoms with van der Waals surface area (Å²) in [4.78, 5) is 35.0. The van der Waals surface area contributed by atoms with Crippen LogP contribution in [-0.2, 0) is 72.1 Å². The topological polar surface area (TPSA) is 139 Å². The van der Waals surface area contributed by atoms with Gasteiger partial charge < -0.3 is 23.5 Å². The molecule has 0 bridgehead atoms. The normalized spacial score (nSPS) is 11.2. The minimum atomic E-state index is -4.23. The first-order valence-corrected chi connectivity index (χ1v) is 20.5. The van der Waals surface area contributed by atoms with E-state index in [2.05, 4.69) is 10.2 Å². The van der Waals surface area contributed by atoms with Crippen molar-refractivity contribution < 1.29 is 46.7 Å². The Hall–Kier alpha value is -6.56. The number of benzene rings is 6. The standard InChI is InChI=1S/C39H39N2O8P.C8H8O2/c1-40-41(39(43)46-28-32-16-8-3-9-17-32)36(26-42)24-35-22-23-37(38(25-35)45-27-31-14-6-2-7-15-31)49-50(44,47-29-33-18-10-4-11-19-33)48-30-34-20-12-5-13-21-34;9-7-10-6-8-4-2-1-3-5-8/h2-23,25-26,36,40H,24,27-30H2,1H3;1-5,7H,6H2. The molecule has 6 rings (SSSR count). The van der Waals surface area contributed by atoms with E-state index in [0.717, 1.165) is 32.8 Å². The van der Waals surface area contributed by atoms with Crippen molar-refractivity contribution in [1.82, 2.24) is 10.4 Å². The number of nitrogens with one attached hydrogen (secondary N) is 1. The summed E-state index contributed by atoms with van der Waals surface area (Å²) in [6.07, 6.45) is 0.0681. The maximum atomic E-state index is 14.2. The third-order valence-corrected chi connectivity index (χ3v) is 9.97. The molecule has 0 saturated heterocycles. The summed E-state index contributed by atoms with van der Waals surface area (Å²) >= 11 is 0. The van der Waals surface area contributed by atoms with Gasteiger partial charge in [0, 0.05) is 13.5 Å². The predicted octanol–water partition coefficient (Wildman–Crippen LogP) is 9.43. The zero-order valence-corrected chi connectivity index (χ0v) is 34.0. The number of ether oxygens (including phenoxy) is 3. The lowest BCUT2D eigenvalue weighted by Crippen LogP contribution is -2.49. The molecule has 0 radical (unpaired) electrons. The molecule has 0 saturated carbocycles. The van der Waals surface area contributed by atoms with E-state index < -0.39 is 20.0 Å². The molecule has 0 heterocycles. The zero-order valence-electron chi connectivity index (χ0n) is 33.1. The second-order valence-electron chi connectivity index (χ2n) is 13.0. The van der Waals surface area contributed by atoms with Gasteiger partial charge in [-0.2, -0.15) is 0 Å². The van der Waals surface area contributed by atoms with Gasteiger partial charge in [0.1, 0.15) is 32.1 Å². The van der Waals surface area contributed by atoms with Crippen LogP contribution in [0.15, 0.2) is 170 Å². The molecule has 1 amide bonds. The molecule has 1 atom stereocenters. The first-order chi connectivity index (χ1) is 29.4. The van der Waals surface area contributed by atoms with Crippen LogP contribution in [0.4, 0.5) is 4.79 Å². The van der Waals surface area contributed by atoms with Gasteiger partial charge in [0.15, 0.2) is 11.5 Å². The fraction of sp³-hybridized carbons (Fsp3) is 0.170. The fourth-order valence-corrected chi connectivity index (χ4v) is 6.78. The number of carbonyl (C=O) groups is 3. The van der Waals surface area contributed by atoms with E-state index in [0.29, 0.717) is 24.9 Å². The zero-order chi connectivity index (χ0) is 42.3. The van der Waals surface area contributed by atoms with Gasteiger partial charge in [0.2, 0.25) is 0 Å². The van der Waals surface area contributed by atoms with Crippen molar-refractivity contribution in [2.24, 2.45) is 0 Å². The molecule has 0 aliphatic heterocycles. The van der Waals surface area contributed by atoms with Crippen LogP contribution in [0.25, 0.3) is 0 Å². The largest absolute Gasteiger partial charge is 0.530 e. The summed E-state index contributed by atoms with van der Waals surface area (Å²) < 4.78 is 48.1. The van der Waals surface area contributed by atoms with Gasteiger partial charge in [0.25, 0.3) is 6.47 Å². The highest BCUT2D eigenvalue weighted by atomic mass is 31.2. The lowest BCUT2D eigenvalue weighted by molar-refractivity contribution is -0.129. The number of amides is 1. The Labute approximate surface area is 350 Å². The Morgan fingerprint density at radius 1 is 0.583 bits per heavy atom. The van der Waals surface area contributed by atoms with Crippen molar-refractivity contribution in [2.75, 3.05) is 7.05 Å². The van der Waals surface area contributed by atoms with Crippen molar-refractivity contribution in [2.45, 2.75) is 45.5 Å². The van der Waals surface area contributed by atoms with Gasteiger partial charge in [-0.25, -0.2) is 19.8 Å². The van der Waals surface area contributed by atoms with Gasteiger partial charge in [-0.1, -0.05) is 158 Å². The molecule has 6 aromatic carbocycles. The van der Waals surface area contributed by atoms with Crippen LogP contribution < -0.4 is 14.7 Å². The van der Waals surface area contributed by atoms with E-state index in [1.54, 1.807) is 18.2 Å². The lowest BCUT2D eigenvalue weighted by Gasteiger charge is -2.26. The third kappa shape index (κ3) is 15.0. The quantitative estimate of drug-likeness (QED) is 0.0422. The SMILES string of the molecule is CNN(C(=O)OCc1ccccc1)C(C=O)Cc1ccc(OP(=O)(OCc2ccccc2)OCc2ccccc2)c(OCc2ccccc2)c1.O=COCc1ccccc1. The first-order valence-electron chi connectivity index (χ1n) is 19.1. The molecule has 0 spiro atoms. The van der Waals surface area contributed by atoms with Crippen LogP contribution in [0.1, 0.15) is 33.4 Å². The monoisotopic (exact) mass is 830 g/mol. The highest BCUT2D eigenvalue weighted by Gasteiger charge is 2.31. The van der Waals surface area contributed by atoms with Crippen LogP contribution in [0.5, 0.6) is 11.5 Å². The average Bonchev–Trinajstić information content (AvgIpc) is 3.30. The number of rotatable bonds is 21. The average molecular weight is 831 g/mol. The van der Waals surface area contributed by atoms with Crippen LogP contribution in [0, 0.1) is 0 Å². The van der Waals surface area contributed by atoms with Crippen molar-refractivity contribution in [3.8, 4) is 11.5 Å². The molecule has 6 aromatic rings. The number of phosphoric acid groups is 1. The molecule has 13 heteroatoms. The predicted molar refractivity (Wildman–Crippen MR) is 226 cm³/mol. The van der Waals surface area contributed by atoms with E-state index in [1.807, 2.05) is 152 Å². The molecule has 1 N–H and O–H groups in total. The van der Waals surface area contributed by atoms with E-state index in [9.17, 15) is 18.9 Å². The van der Waals surface area contributed by atoms with Crippen molar-refractivity contribution in [1.29, 1.82) is 0 Å². The highest BCUT2D eigenvalue weighted by Crippen LogP contribution is 2.53. The molecule has 60 heavy (non-hydrogen) atoms. The van der Waals surface area contributed by atoms with Crippen molar-refractivity contribution in [3.05, 3.63) is 203 Å². The summed E-state index contributed by atoms with van der Waals surface area (Å²) in [5.74, 6) is 0.357. The third-order valence-electron chi connectivity index (χ3n) is 8.66. The Kier molecular flexibility index (Phi) is 18.1. The number of hydrogen-bond acceptors (Lipinski definition) is 11. The van der Waals surface area contributed by atoms with Gasteiger partial charge in [-0.05, 0) is 45.5 Å². The number of hydrazine groups is 1. The maximum absolute atomic E-state index is 14.2. The van der Waals surface area contributed by atoms with E-state index >= 15 is 0 Å². The van der Waals surface area contributed by atoms with Gasteiger partial charge in [0.05, 0.1) is 13.2 Å². The first kappa shape index (κ1) is 44.5. The molecular weight excluding hydrogens is 783 g/mol. The van der Waals surface area contributed by atoms with Crippen LogP contribution in [0.3, 0.4) is 0 Å². The number of aldehydes is 1. The molecular formula is C47H47N2O10P. The molecule has 0 aromatic heterocycles. The van der Waals surface area contributed by atoms with Gasteiger partial charge in [-0.3, -0.25) is 13.8 Å². The van der Waals surface area contributed by atoms with Crippen molar-refractivity contribution in [3.63, 3.8) is 0 Å². The molecule has 0 fully saturated rings. The summed E-state index contributed by atoms with van der Waals surface area (Å²) in [5.41, 5.74) is 7.69. The summed E-state index contributed by atoms with van der Waals surface area (Å²) in [5, 5.41) is 1.13. The Morgan fingerprint density at radius 2 is 1.03 bits per heavy atom. The second-order valence-corrected chi connectivity index (χ2v) is 14.6. The minimum Gasteiger partial charge on any atom is -0.485 e. The van der Waals surface area contributed by atoms with Crippen molar-refractivity contribution >= 4 is 26.7 Å². The Balaban J connectivity index is 0.000000597.